The van der Waals surface area contributed by atoms with E-state index in [-0.39, 0.29) is 5.92 Å². The number of esters is 2. The highest BCUT2D eigenvalue weighted by molar-refractivity contribution is 6.30. The van der Waals surface area contributed by atoms with Gasteiger partial charge in [-0.05, 0) is 30.5 Å². The van der Waals surface area contributed by atoms with Crippen LogP contribution in [0.25, 0.3) is 0 Å². The molecular weight excluding hydrogens is 228 g/mol. The molecule has 0 radical (unpaired) electrons. The lowest BCUT2D eigenvalue weighted by atomic mass is 9.93. The Morgan fingerprint density at radius 3 is 2.56 bits per heavy atom. The molecule has 1 aliphatic rings. The zero-order valence-corrected chi connectivity index (χ0v) is 9.37. The molecule has 1 saturated heterocycles. The summed E-state index contributed by atoms with van der Waals surface area (Å²) in [6, 6.07) is 7.34. The van der Waals surface area contributed by atoms with Crippen LogP contribution in [0.1, 0.15) is 18.4 Å². The Kier molecular flexibility index (Phi) is 3.25. The molecule has 0 amide bonds. The molecular formula is C12H11ClO3. The molecule has 0 aromatic heterocycles. The fourth-order valence-corrected chi connectivity index (χ4v) is 1.87. The lowest BCUT2D eigenvalue weighted by Gasteiger charge is -2.19. The van der Waals surface area contributed by atoms with E-state index in [1.807, 2.05) is 12.1 Å². The van der Waals surface area contributed by atoms with E-state index in [0.29, 0.717) is 24.3 Å². The van der Waals surface area contributed by atoms with Crippen LogP contribution in [0.3, 0.4) is 0 Å². The molecule has 0 N–H and O–H groups in total. The van der Waals surface area contributed by atoms with Gasteiger partial charge in [-0.1, -0.05) is 23.7 Å². The average Bonchev–Trinajstić information content (AvgIpc) is 2.25. The van der Waals surface area contributed by atoms with Crippen LogP contribution in [0.4, 0.5) is 0 Å². The second-order valence-electron chi connectivity index (χ2n) is 3.86. The lowest BCUT2D eigenvalue weighted by Crippen LogP contribution is -2.29. The summed E-state index contributed by atoms with van der Waals surface area (Å²) in [6.45, 7) is 0. The van der Waals surface area contributed by atoms with Gasteiger partial charge in [0, 0.05) is 11.4 Å². The van der Waals surface area contributed by atoms with Crippen LogP contribution in [-0.2, 0) is 20.7 Å². The zero-order valence-electron chi connectivity index (χ0n) is 8.61. The Balaban J connectivity index is 2.02. The van der Waals surface area contributed by atoms with Gasteiger partial charge in [0.05, 0.1) is 5.92 Å². The Bertz CT molecular complexity index is 411. The van der Waals surface area contributed by atoms with Crippen molar-refractivity contribution in [2.75, 3.05) is 0 Å². The van der Waals surface area contributed by atoms with Crippen molar-refractivity contribution < 1.29 is 14.3 Å². The van der Waals surface area contributed by atoms with Crippen LogP contribution in [0.5, 0.6) is 0 Å². The van der Waals surface area contributed by atoms with E-state index in [9.17, 15) is 9.59 Å². The van der Waals surface area contributed by atoms with Gasteiger partial charge in [0.25, 0.3) is 0 Å². The van der Waals surface area contributed by atoms with Crippen molar-refractivity contribution >= 4 is 23.5 Å². The largest absolute Gasteiger partial charge is 0.393 e. The van der Waals surface area contributed by atoms with Crippen LogP contribution >= 0.6 is 11.6 Å². The first kappa shape index (κ1) is 11.1. The summed E-state index contributed by atoms with van der Waals surface area (Å²) >= 11 is 5.77. The van der Waals surface area contributed by atoms with Crippen molar-refractivity contribution in [1.29, 1.82) is 0 Å². The monoisotopic (exact) mass is 238 g/mol. The standard InChI is InChI=1S/C12H11ClO3/c13-10-4-1-8(2-5-10)7-9-3-6-11(14)16-12(9)15/h1-2,4-5,9H,3,6-7H2. The van der Waals surface area contributed by atoms with Gasteiger partial charge in [-0.25, -0.2) is 0 Å². The van der Waals surface area contributed by atoms with Crippen LogP contribution in [0.15, 0.2) is 24.3 Å². The number of ether oxygens (including phenoxy) is 1. The topological polar surface area (TPSA) is 43.4 Å². The number of carbonyl (C=O) groups excluding carboxylic acids is 2. The van der Waals surface area contributed by atoms with Crippen LogP contribution in [-0.4, -0.2) is 11.9 Å². The molecule has 0 saturated carbocycles. The number of carbonyl (C=O) groups is 2. The molecule has 0 spiro atoms. The molecule has 1 heterocycles. The van der Waals surface area contributed by atoms with E-state index in [2.05, 4.69) is 4.74 Å². The first-order chi connectivity index (χ1) is 7.65. The van der Waals surface area contributed by atoms with E-state index in [1.54, 1.807) is 12.1 Å². The summed E-state index contributed by atoms with van der Waals surface area (Å²) in [5.74, 6) is -1.04. The van der Waals surface area contributed by atoms with Gasteiger partial charge in [-0.3, -0.25) is 9.59 Å². The average molecular weight is 239 g/mol. The van der Waals surface area contributed by atoms with Crippen molar-refractivity contribution in [3.05, 3.63) is 34.9 Å². The van der Waals surface area contributed by atoms with Crippen molar-refractivity contribution in [2.24, 2.45) is 5.92 Å². The highest BCUT2D eigenvalue weighted by Gasteiger charge is 2.28. The molecule has 0 aliphatic carbocycles. The molecule has 84 valence electrons. The highest BCUT2D eigenvalue weighted by Crippen LogP contribution is 2.21. The predicted octanol–water partition coefficient (Wildman–Crippen LogP) is 2.36. The van der Waals surface area contributed by atoms with Crippen LogP contribution in [0.2, 0.25) is 5.02 Å². The molecule has 0 bridgehead atoms. The molecule has 1 unspecified atom stereocenters. The maximum Gasteiger partial charge on any atom is 0.316 e. The minimum atomic E-state index is -0.419. The van der Waals surface area contributed by atoms with E-state index >= 15 is 0 Å². The summed E-state index contributed by atoms with van der Waals surface area (Å²) in [5.41, 5.74) is 1.03. The molecule has 2 rings (SSSR count). The fourth-order valence-electron chi connectivity index (χ4n) is 1.75. The first-order valence-electron chi connectivity index (χ1n) is 5.14. The van der Waals surface area contributed by atoms with Crippen molar-refractivity contribution in [1.82, 2.24) is 0 Å². The lowest BCUT2D eigenvalue weighted by molar-refractivity contribution is -0.167. The summed E-state index contributed by atoms with van der Waals surface area (Å²) in [6.07, 6.45) is 1.49. The second-order valence-corrected chi connectivity index (χ2v) is 4.30. The van der Waals surface area contributed by atoms with Crippen molar-refractivity contribution in [3.8, 4) is 0 Å². The Morgan fingerprint density at radius 1 is 1.25 bits per heavy atom. The maximum absolute atomic E-state index is 11.4. The summed E-state index contributed by atoms with van der Waals surface area (Å²) < 4.78 is 4.59. The Hall–Kier alpha value is -1.35. The van der Waals surface area contributed by atoms with E-state index in [0.717, 1.165) is 5.56 Å². The first-order valence-corrected chi connectivity index (χ1v) is 5.52. The zero-order chi connectivity index (χ0) is 11.5. The Morgan fingerprint density at radius 2 is 1.94 bits per heavy atom. The summed E-state index contributed by atoms with van der Waals surface area (Å²) in [4.78, 5) is 22.3. The van der Waals surface area contributed by atoms with Crippen molar-refractivity contribution in [2.45, 2.75) is 19.3 Å². The SMILES string of the molecule is O=C1CCC(Cc2ccc(Cl)cc2)C(=O)O1. The molecule has 1 aromatic carbocycles. The van der Waals surface area contributed by atoms with E-state index < -0.39 is 11.9 Å². The maximum atomic E-state index is 11.4. The smallest absolute Gasteiger partial charge is 0.316 e. The summed E-state index contributed by atoms with van der Waals surface area (Å²) in [5, 5.41) is 0.671. The Labute approximate surface area is 98.4 Å². The number of hydrogen-bond donors (Lipinski definition) is 0. The van der Waals surface area contributed by atoms with Crippen LogP contribution < -0.4 is 0 Å². The number of halogens is 1. The number of hydrogen-bond acceptors (Lipinski definition) is 3. The fraction of sp³-hybridized carbons (Fsp3) is 0.333. The predicted molar refractivity (Wildman–Crippen MR) is 59.0 cm³/mol. The van der Waals surface area contributed by atoms with Gasteiger partial charge in [0.2, 0.25) is 0 Å². The third-order valence-corrected chi connectivity index (χ3v) is 2.89. The van der Waals surface area contributed by atoms with Gasteiger partial charge >= 0.3 is 11.9 Å². The van der Waals surface area contributed by atoms with E-state index in [4.69, 9.17) is 11.6 Å². The van der Waals surface area contributed by atoms with Crippen LogP contribution in [0, 0.1) is 5.92 Å². The van der Waals surface area contributed by atoms with E-state index in [1.165, 1.54) is 0 Å². The molecule has 1 aromatic rings. The molecule has 3 nitrogen and oxygen atoms in total. The normalized spacial score (nSPS) is 20.7. The van der Waals surface area contributed by atoms with Gasteiger partial charge in [0.1, 0.15) is 0 Å². The van der Waals surface area contributed by atoms with Gasteiger partial charge < -0.3 is 4.74 Å². The minimum Gasteiger partial charge on any atom is -0.393 e. The number of rotatable bonds is 2. The minimum absolute atomic E-state index is 0.209. The third-order valence-electron chi connectivity index (χ3n) is 2.64. The number of benzene rings is 1. The molecule has 4 heteroatoms. The van der Waals surface area contributed by atoms with Crippen molar-refractivity contribution in [3.63, 3.8) is 0 Å². The number of cyclic esters (lactones) is 2. The third kappa shape index (κ3) is 2.61. The van der Waals surface area contributed by atoms with Gasteiger partial charge in [-0.2, -0.15) is 0 Å². The molecule has 1 aliphatic heterocycles. The van der Waals surface area contributed by atoms with Gasteiger partial charge in [-0.15, -0.1) is 0 Å². The quantitative estimate of drug-likeness (QED) is 0.587. The molecule has 16 heavy (non-hydrogen) atoms. The highest BCUT2D eigenvalue weighted by atomic mass is 35.5. The second kappa shape index (κ2) is 4.66. The summed E-state index contributed by atoms with van der Waals surface area (Å²) in [7, 11) is 0. The molecule has 1 atom stereocenters. The van der Waals surface area contributed by atoms with Gasteiger partial charge in [0.15, 0.2) is 0 Å². The molecule has 1 fully saturated rings.